The van der Waals surface area contributed by atoms with Gasteiger partial charge in [-0.15, -0.1) is 0 Å². The summed E-state index contributed by atoms with van der Waals surface area (Å²) in [6, 6.07) is 2.74. The lowest BCUT2D eigenvalue weighted by Crippen LogP contribution is -2.39. The third kappa shape index (κ3) is 2.14. The van der Waals surface area contributed by atoms with Crippen LogP contribution in [0.3, 0.4) is 0 Å². The Kier molecular flexibility index (Phi) is 3.06. The van der Waals surface area contributed by atoms with E-state index in [0.717, 1.165) is 35.7 Å². The van der Waals surface area contributed by atoms with Crippen LogP contribution >= 0.6 is 0 Å². The molecular weight excluding hydrogens is 238 g/mol. The number of H-pyrrole nitrogens is 1. The van der Waals surface area contributed by atoms with Crippen LogP contribution in [-0.2, 0) is 6.42 Å². The second-order valence-corrected chi connectivity index (χ2v) is 5.15. The summed E-state index contributed by atoms with van der Waals surface area (Å²) >= 11 is 0. The fourth-order valence-electron chi connectivity index (χ4n) is 2.79. The Labute approximate surface area is 112 Å². The van der Waals surface area contributed by atoms with E-state index >= 15 is 0 Å². The van der Waals surface area contributed by atoms with Crippen LogP contribution < -0.4 is 5.32 Å². The van der Waals surface area contributed by atoms with Crippen LogP contribution in [0.2, 0.25) is 0 Å². The molecule has 0 radical (unpaired) electrons. The minimum absolute atomic E-state index is 0.275. The van der Waals surface area contributed by atoms with E-state index in [1.807, 2.05) is 13.0 Å². The molecule has 2 atom stereocenters. The maximum Gasteiger partial charge on any atom is 0.126 e. The Morgan fingerprint density at radius 3 is 2.89 bits per heavy atom. The van der Waals surface area contributed by atoms with E-state index < -0.39 is 0 Å². The maximum atomic E-state index is 4.63. The number of aromatic nitrogens is 4. The van der Waals surface area contributed by atoms with E-state index in [-0.39, 0.29) is 6.04 Å². The van der Waals surface area contributed by atoms with Gasteiger partial charge < -0.3 is 5.32 Å². The van der Waals surface area contributed by atoms with Crippen LogP contribution in [0, 0.1) is 6.92 Å². The summed E-state index contributed by atoms with van der Waals surface area (Å²) in [6.07, 6.45) is 3.85. The average molecular weight is 257 g/mol. The van der Waals surface area contributed by atoms with E-state index in [2.05, 4.69) is 39.3 Å². The number of rotatable bonds is 2. The Balaban J connectivity index is 2.16. The third-order valence-electron chi connectivity index (χ3n) is 3.75. The molecular formula is C14H19N5. The molecule has 5 heteroatoms. The Hall–Kier alpha value is -1.75. The topological polar surface area (TPSA) is 66.5 Å². The number of nitrogens with zero attached hydrogens (tertiary/aromatic N) is 3. The summed E-state index contributed by atoms with van der Waals surface area (Å²) in [5.41, 5.74) is 4.37. The number of fused-ring (bicyclic) bond motifs is 1. The molecule has 3 heterocycles. The fraction of sp³-hybridized carbons (Fsp3) is 0.500. The number of aryl methyl sites for hydroxylation is 1. The largest absolute Gasteiger partial charge is 0.306 e. The molecule has 2 N–H and O–H groups in total. The van der Waals surface area contributed by atoms with Crippen molar-refractivity contribution in [1.29, 1.82) is 0 Å². The van der Waals surface area contributed by atoms with Crippen LogP contribution in [0.15, 0.2) is 12.3 Å². The lowest BCUT2D eigenvalue weighted by molar-refractivity contribution is 0.402. The van der Waals surface area contributed by atoms with Gasteiger partial charge >= 0.3 is 0 Å². The molecule has 5 nitrogen and oxygen atoms in total. The highest BCUT2D eigenvalue weighted by atomic mass is 15.1. The zero-order valence-corrected chi connectivity index (χ0v) is 11.6. The normalized spacial score (nSPS) is 22.3. The summed E-state index contributed by atoms with van der Waals surface area (Å²) in [6.45, 7) is 6.32. The van der Waals surface area contributed by atoms with Gasteiger partial charge in [0.15, 0.2) is 0 Å². The third-order valence-corrected chi connectivity index (χ3v) is 3.75. The molecule has 1 unspecified atom stereocenters. The van der Waals surface area contributed by atoms with E-state index in [0.29, 0.717) is 6.04 Å². The van der Waals surface area contributed by atoms with Crippen molar-refractivity contribution in [3.8, 4) is 11.4 Å². The molecule has 0 aromatic carbocycles. The minimum atomic E-state index is 0.275. The standard InChI is InChI=1S/C14H19N5/c1-4-10-7-11-13(8(2)16-10)17-9(3)18-14(11)12-5-6-15-19-12/h5-6,8,10,16H,4,7H2,1-3H3,(H,15,19)/t8?,10-/m1/s1. The molecule has 1 aliphatic heterocycles. The molecule has 0 fully saturated rings. The van der Waals surface area contributed by atoms with Gasteiger partial charge in [0.05, 0.1) is 17.1 Å². The van der Waals surface area contributed by atoms with E-state index in [4.69, 9.17) is 0 Å². The number of hydrogen-bond acceptors (Lipinski definition) is 4. The van der Waals surface area contributed by atoms with Gasteiger partial charge in [0, 0.05) is 23.8 Å². The van der Waals surface area contributed by atoms with Crippen molar-refractivity contribution in [2.45, 2.75) is 45.7 Å². The lowest BCUT2D eigenvalue weighted by atomic mass is 9.91. The van der Waals surface area contributed by atoms with Crippen molar-refractivity contribution < 1.29 is 0 Å². The van der Waals surface area contributed by atoms with Crippen molar-refractivity contribution in [3.63, 3.8) is 0 Å². The molecule has 0 saturated heterocycles. The Bertz CT molecular complexity index is 576. The average Bonchev–Trinajstić information content (AvgIpc) is 2.92. The predicted octanol–water partition coefficient (Wildman–Crippen LogP) is 2.16. The molecule has 100 valence electrons. The van der Waals surface area contributed by atoms with Gasteiger partial charge in [-0.05, 0) is 32.8 Å². The van der Waals surface area contributed by atoms with Gasteiger partial charge in [0.2, 0.25) is 0 Å². The molecule has 1 aliphatic rings. The van der Waals surface area contributed by atoms with Crippen LogP contribution in [0.1, 0.15) is 43.4 Å². The number of aromatic amines is 1. The molecule has 0 saturated carbocycles. The molecule has 0 bridgehead atoms. The monoisotopic (exact) mass is 257 g/mol. The smallest absolute Gasteiger partial charge is 0.126 e. The first-order valence-corrected chi connectivity index (χ1v) is 6.82. The predicted molar refractivity (Wildman–Crippen MR) is 73.7 cm³/mol. The van der Waals surface area contributed by atoms with E-state index in [1.165, 1.54) is 5.56 Å². The minimum Gasteiger partial charge on any atom is -0.306 e. The van der Waals surface area contributed by atoms with Crippen molar-refractivity contribution in [2.75, 3.05) is 0 Å². The molecule has 2 aromatic rings. The molecule has 0 amide bonds. The molecule has 3 rings (SSSR count). The first-order chi connectivity index (χ1) is 9.19. The van der Waals surface area contributed by atoms with Gasteiger partial charge in [-0.25, -0.2) is 9.97 Å². The first kappa shape index (κ1) is 12.3. The summed E-state index contributed by atoms with van der Waals surface area (Å²) in [7, 11) is 0. The molecule has 19 heavy (non-hydrogen) atoms. The molecule has 0 aliphatic carbocycles. The van der Waals surface area contributed by atoms with Crippen LogP contribution in [0.4, 0.5) is 0 Å². The fourth-order valence-corrected chi connectivity index (χ4v) is 2.79. The lowest BCUT2D eigenvalue weighted by Gasteiger charge is -2.31. The van der Waals surface area contributed by atoms with Gasteiger partial charge in [-0.2, -0.15) is 5.10 Å². The second kappa shape index (κ2) is 4.74. The summed E-state index contributed by atoms with van der Waals surface area (Å²) < 4.78 is 0. The summed E-state index contributed by atoms with van der Waals surface area (Å²) in [5.74, 6) is 0.812. The van der Waals surface area contributed by atoms with Crippen LogP contribution in [-0.4, -0.2) is 26.2 Å². The van der Waals surface area contributed by atoms with Gasteiger partial charge in [-0.3, -0.25) is 5.10 Å². The highest BCUT2D eigenvalue weighted by molar-refractivity contribution is 5.60. The Morgan fingerprint density at radius 1 is 1.37 bits per heavy atom. The van der Waals surface area contributed by atoms with E-state index in [1.54, 1.807) is 6.20 Å². The maximum absolute atomic E-state index is 4.63. The van der Waals surface area contributed by atoms with Crippen LogP contribution in [0.5, 0.6) is 0 Å². The van der Waals surface area contributed by atoms with Gasteiger partial charge in [0.25, 0.3) is 0 Å². The highest BCUT2D eigenvalue weighted by Crippen LogP contribution is 2.30. The quantitative estimate of drug-likeness (QED) is 0.865. The summed E-state index contributed by atoms with van der Waals surface area (Å²) in [5, 5.41) is 10.7. The van der Waals surface area contributed by atoms with Crippen LogP contribution in [0.25, 0.3) is 11.4 Å². The number of nitrogens with one attached hydrogen (secondary N) is 2. The molecule has 0 spiro atoms. The zero-order chi connectivity index (χ0) is 13.4. The van der Waals surface area contributed by atoms with Crippen molar-refractivity contribution in [3.05, 3.63) is 29.3 Å². The molecule has 2 aromatic heterocycles. The van der Waals surface area contributed by atoms with Crippen molar-refractivity contribution in [1.82, 2.24) is 25.5 Å². The first-order valence-electron chi connectivity index (χ1n) is 6.82. The SMILES string of the molecule is CC[C@@H]1Cc2c(-c3ccn[nH]3)nc(C)nc2C(C)N1. The highest BCUT2D eigenvalue weighted by Gasteiger charge is 2.27. The zero-order valence-electron chi connectivity index (χ0n) is 11.6. The van der Waals surface area contributed by atoms with Crippen molar-refractivity contribution >= 4 is 0 Å². The van der Waals surface area contributed by atoms with Gasteiger partial charge in [-0.1, -0.05) is 6.92 Å². The second-order valence-electron chi connectivity index (χ2n) is 5.15. The van der Waals surface area contributed by atoms with E-state index in [9.17, 15) is 0 Å². The van der Waals surface area contributed by atoms with Crippen molar-refractivity contribution in [2.24, 2.45) is 0 Å². The van der Waals surface area contributed by atoms with Gasteiger partial charge in [0.1, 0.15) is 5.82 Å². The number of hydrogen-bond donors (Lipinski definition) is 2. The Morgan fingerprint density at radius 2 is 2.21 bits per heavy atom. The summed E-state index contributed by atoms with van der Waals surface area (Å²) in [4.78, 5) is 9.25.